The lowest BCUT2D eigenvalue weighted by molar-refractivity contribution is -0.133. The van der Waals surface area contributed by atoms with E-state index in [9.17, 15) is 9.59 Å². The number of hydrogen-bond acceptors (Lipinski definition) is 4. The summed E-state index contributed by atoms with van der Waals surface area (Å²) < 4.78 is 5.47. The van der Waals surface area contributed by atoms with Gasteiger partial charge in [0, 0.05) is 30.8 Å². The molecule has 1 fully saturated rings. The molecular weight excluding hydrogens is 284 g/mol. The highest BCUT2D eigenvalue weighted by atomic mass is 16.5. The fraction of sp³-hybridized carbons (Fsp3) is 0.500. The molecule has 0 radical (unpaired) electrons. The molecule has 0 unspecified atom stereocenters. The molecule has 0 spiro atoms. The average molecular weight is 306 g/mol. The standard InChI is InChI=1S/C16H22N2O4/c1-2-18(8-9-19)15(20)11-22-14-5-3-4-13(10-14)17-16(21)12-6-7-12/h3-5,10,12,19H,2,6-9,11H2,1H3,(H,17,21). The zero-order valence-electron chi connectivity index (χ0n) is 12.7. The van der Waals surface area contributed by atoms with E-state index in [1.54, 1.807) is 24.3 Å². The van der Waals surface area contributed by atoms with Crippen LogP contribution in [0, 0.1) is 5.92 Å². The Balaban J connectivity index is 1.86. The molecule has 0 aromatic heterocycles. The summed E-state index contributed by atoms with van der Waals surface area (Å²) in [5.74, 6) is 0.530. The second-order valence-corrected chi connectivity index (χ2v) is 5.28. The predicted octanol–water partition coefficient (Wildman–Crippen LogP) is 1.25. The molecule has 1 aromatic carbocycles. The largest absolute Gasteiger partial charge is 0.484 e. The van der Waals surface area contributed by atoms with Crippen LogP contribution in [0.1, 0.15) is 19.8 Å². The van der Waals surface area contributed by atoms with Crippen LogP contribution in [-0.4, -0.2) is 48.1 Å². The maximum absolute atomic E-state index is 11.9. The molecule has 1 aromatic rings. The van der Waals surface area contributed by atoms with Gasteiger partial charge >= 0.3 is 0 Å². The summed E-state index contributed by atoms with van der Waals surface area (Å²) in [6, 6.07) is 7.00. The summed E-state index contributed by atoms with van der Waals surface area (Å²) in [6.07, 6.45) is 1.91. The van der Waals surface area contributed by atoms with Gasteiger partial charge < -0.3 is 20.1 Å². The molecule has 2 rings (SSSR count). The smallest absolute Gasteiger partial charge is 0.260 e. The lowest BCUT2D eigenvalue weighted by atomic mass is 10.3. The second-order valence-electron chi connectivity index (χ2n) is 5.28. The number of likely N-dealkylation sites (N-methyl/N-ethyl adjacent to an activating group) is 1. The van der Waals surface area contributed by atoms with Gasteiger partial charge in [-0.2, -0.15) is 0 Å². The van der Waals surface area contributed by atoms with Crippen molar-refractivity contribution in [1.29, 1.82) is 0 Å². The Morgan fingerprint density at radius 1 is 1.41 bits per heavy atom. The van der Waals surface area contributed by atoms with Gasteiger partial charge in [0.15, 0.2) is 6.61 Å². The van der Waals surface area contributed by atoms with Gasteiger partial charge in [-0.05, 0) is 31.9 Å². The fourth-order valence-corrected chi connectivity index (χ4v) is 2.07. The predicted molar refractivity (Wildman–Crippen MR) is 82.6 cm³/mol. The number of benzene rings is 1. The van der Waals surface area contributed by atoms with Crippen molar-refractivity contribution >= 4 is 17.5 Å². The zero-order chi connectivity index (χ0) is 15.9. The molecule has 6 nitrogen and oxygen atoms in total. The molecule has 6 heteroatoms. The first-order valence-electron chi connectivity index (χ1n) is 7.56. The number of rotatable bonds is 8. The summed E-state index contributed by atoms with van der Waals surface area (Å²) in [5.41, 5.74) is 0.671. The summed E-state index contributed by atoms with van der Waals surface area (Å²) in [6.45, 7) is 2.52. The third-order valence-corrected chi connectivity index (χ3v) is 3.52. The van der Waals surface area contributed by atoms with Crippen molar-refractivity contribution in [3.8, 4) is 5.75 Å². The van der Waals surface area contributed by atoms with Crippen molar-refractivity contribution in [2.45, 2.75) is 19.8 Å². The molecule has 2 N–H and O–H groups in total. The highest BCUT2D eigenvalue weighted by molar-refractivity contribution is 5.94. The van der Waals surface area contributed by atoms with Crippen molar-refractivity contribution < 1.29 is 19.4 Å². The van der Waals surface area contributed by atoms with E-state index in [1.807, 2.05) is 6.92 Å². The minimum absolute atomic E-state index is 0.0355. The molecule has 120 valence electrons. The SMILES string of the molecule is CCN(CCO)C(=O)COc1cccc(NC(=O)C2CC2)c1. The van der Waals surface area contributed by atoms with Gasteiger partial charge in [0.05, 0.1) is 6.61 Å². The topological polar surface area (TPSA) is 78.9 Å². The van der Waals surface area contributed by atoms with Crippen LogP contribution in [-0.2, 0) is 9.59 Å². The summed E-state index contributed by atoms with van der Waals surface area (Å²) >= 11 is 0. The monoisotopic (exact) mass is 306 g/mol. The van der Waals surface area contributed by atoms with Crippen LogP contribution in [0.25, 0.3) is 0 Å². The average Bonchev–Trinajstić information content (AvgIpc) is 3.35. The third-order valence-electron chi connectivity index (χ3n) is 3.52. The molecule has 22 heavy (non-hydrogen) atoms. The van der Waals surface area contributed by atoms with Crippen molar-refractivity contribution in [1.82, 2.24) is 4.90 Å². The molecule has 0 saturated heterocycles. The first-order valence-corrected chi connectivity index (χ1v) is 7.56. The first kappa shape index (κ1) is 16.3. The lowest BCUT2D eigenvalue weighted by Crippen LogP contribution is -2.36. The fourth-order valence-electron chi connectivity index (χ4n) is 2.07. The highest BCUT2D eigenvalue weighted by Gasteiger charge is 2.29. The minimum atomic E-state index is -0.177. The third kappa shape index (κ3) is 4.73. The van der Waals surface area contributed by atoms with E-state index in [0.717, 1.165) is 12.8 Å². The Morgan fingerprint density at radius 3 is 2.82 bits per heavy atom. The van der Waals surface area contributed by atoms with Crippen LogP contribution in [0.5, 0.6) is 5.75 Å². The van der Waals surface area contributed by atoms with Gasteiger partial charge in [0.25, 0.3) is 5.91 Å². The van der Waals surface area contributed by atoms with E-state index in [4.69, 9.17) is 9.84 Å². The van der Waals surface area contributed by atoms with Crippen LogP contribution in [0.3, 0.4) is 0 Å². The van der Waals surface area contributed by atoms with E-state index in [2.05, 4.69) is 5.32 Å². The van der Waals surface area contributed by atoms with Crippen LogP contribution < -0.4 is 10.1 Å². The normalized spacial score (nSPS) is 13.5. The lowest BCUT2D eigenvalue weighted by Gasteiger charge is -2.19. The number of hydrogen-bond donors (Lipinski definition) is 2. The van der Waals surface area contributed by atoms with Gasteiger partial charge in [-0.1, -0.05) is 6.07 Å². The summed E-state index contributed by atoms with van der Waals surface area (Å²) in [7, 11) is 0. The number of carbonyl (C=O) groups excluding carboxylic acids is 2. The maximum atomic E-state index is 11.9. The molecule has 0 aliphatic heterocycles. The number of aliphatic hydroxyl groups excluding tert-OH is 1. The molecule has 0 heterocycles. The van der Waals surface area contributed by atoms with Crippen molar-refractivity contribution in [3.63, 3.8) is 0 Å². The van der Waals surface area contributed by atoms with Crippen LogP contribution in [0.4, 0.5) is 5.69 Å². The summed E-state index contributed by atoms with van der Waals surface area (Å²) in [5, 5.41) is 11.7. The van der Waals surface area contributed by atoms with Crippen molar-refractivity contribution in [2.24, 2.45) is 5.92 Å². The van der Waals surface area contributed by atoms with Gasteiger partial charge in [-0.15, -0.1) is 0 Å². The van der Waals surface area contributed by atoms with Gasteiger partial charge in [0.2, 0.25) is 5.91 Å². The Morgan fingerprint density at radius 2 is 2.18 bits per heavy atom. The van der Waals surface area contributed by atoms with Crippen molar-refractivity contribution in [3.05, 3.63) is 24.3 Å². The Kier molecular flexibility index (Phi) is 5.77. The van der Waals surface area contributed by atoms with Crippen LogP contribution in [0.2, 0.25) is 0 Å². The van der Waals surface area contributed by atoms with Crippen molar-refractivity contribution in [2.75, 3.05) is 31.6 Å². The number of ether oxygens (including phenoxy) is 1. The number of carbonyl (C=O) groups is 2. The molecule has 1 aliphatic carbocycles. The second kappa shape index (κ2) is 7.79. The molecule has 1 aliphatic rings. The summed E-state index contributed by atoms with van der Waals surface area (Å²) in [4.78, 5) is 25.2. The van der Waals surface area contributed by atoms with E-state index in [-0.39, 0.29) is 30.9 Å². The first-order chi connectivity index (χ1) is 10.6. The van der Waals surface area contributed by atoms with E-state index >= 15 is 0 Å². The number of anilines is 1. The van der Waals surface area contributed by atoms with E-state index < -0.39 is 0 Å². The van der Waals surface area contributed by atoms with Crippen LogP contribution >= 0.6 is 0 Å². The van der Waals surface area contributed by atoms with Crippen LogP contribution in [0.15, 0.2) is 24.3 Å². The Hall–Kier alpha value is -2.08. The van der Waals surface area contributed by atoms with Gasteiger partial charge in [-0.25, -0.2) is 0 Å². The zero-order valence-corrected chi connectivity index (χ0v) is 12.7. The number of aliphatic hydroxyl groups is 1. The minimum Gasteiger partial charge on any atom is -0.484 e. The molecular formula is C16H22N2O4. The Bertz CT molecular complexity index is 529. The van der Waals surface area contributed by atoms with E-state index in [1.165, 1.54) is 4.90 Å². The highest BCUT2D eigenvalue weighted by Crippen LogP contribution is 2.30. The number of nitrogens with one attached hydrogen (secondary N) is 1. The molecule has 1 saturated carbocycles. The maximum Gasteiger partial charge on any atom is 0.260 e. The van der Waals surface area contributed by atoms with E-state index in [0.29, 0.717) is 24.5 Å². The molecule has 0 atom stereocenters. The molecule has 0 bridgehead atoms. The quantitative estimate of drug-likeness (QED) is 0.758. The number of amides is 2. The Labute approximate surface area is 130 Å². The molecule has 2 amide bonds. The number of nitrogens with zero attached hydrogens (tertiary/aromatic N) is 1. The van der Waals surface area contributed by atoms with Gasteiger partial charge in [-0.3, -0.25) is 9.59 Å². The van der Waals surface area contributed by atoms with Gasteiger partial charge in [0.1, 0.15) is 5.75 Å².